The highest BCUT2D eigenvalue weighted by Gasteiger charge is 2.25. The summed E-state index contributed by atoms with van der Waals surface area (Å²) in [4.78, 5) is 18.9. The summed E-state index contributed by atoms with van der Waals surface area (Å²) in [6, 6.07) is 6.98. The lowest BCUT2D eigenvalue weighted by molar-refractivity contribution is 0.0734. The summed E-state index contributed by atoms with van der Waals surface area (Å²) in [5.41, 5.74) is 3.46. The third-order valence-electron chi connectivity index (χ3n) is 5.43. The molecule has 0 unspecified atom stereocenters. The van der Waals surface area contributed by atoms with Gasteiger partial charge in [0, 0.05) is 38.6 Å². The van der Waals surface area contributed by atoms with Crippen molar-refractivity contribution < 1.29 is 17.9 Å². The molecule has 1 amide bonds. The van der Waals surface area contributed by atoms with Gasteiger partial charge in [0.15, 0.2) is 0 Å². The molecule has 0 aliphatic carbocycles. The van der Waals surface area contributed by atoms with Crippen LogP contribution in [0.2, 0.25) is 0 Å². The van der Waals surface area contributed by atoms with Gasteiger partial charge in [-0.05, 0) is 61.1 Å². The van der Waals surface area contributed by atoms with Gasteiger partial charge in [0.25, 0.3) is 5.91 Å². The fraction of sp³-hybridized carbons (Fsp3) is 0.429. The average molecular weight is 416 g/mol. The van der Waals surface area contributed by atoms with E-state index in [-0.39, 0.29) is 16.9 Å². The summed E-state index contributed by atoms with van der Waals surface area (Å²) < 4.78 is 33.4. The number of benzene rings is 1. The highest BCUT2D eigenvalue weighted by atomic mass is 32.2. The molecule has 1 atom stereocenters. The highest BCUT2D eigenvalue weighted by molar-refractivity contribution is 7.89. The first-order valence-corrected chi connectivity index (χ1v) is 11.3. The second kappa shape index (κ2) is 8.22. The van der Waals surface area contributed by atoms with Crippen molar-refractivity contribution in [1.29, 1.82) is 0 Å². The molecule has 29 heavy (non-hydrogen) atoms. The first-order chi connectivity index (χ1) is 13.9. The molecule has 1 N–H and O–H groups in total. The number of pyridine rings is 1. The number of hydrogen-bond donors (Lipinski definition) is 1. The van der Waals surface area contributed by atoms with Crippen LogP contribution in [0.25, 0.3) is 0 Å². The third-order valence-corrected chi connectivity index (χ3v) is 6.86. The van der Waals surface area contributed by atoms with Crippen LogP contribution in [0.3, 0.4) is 0 Å². The van der Waals surface area contributed by atoms with Gasteiger partial charge >= 0.3 is 0 Å². The lowest BCUT2D eigenvalue weighted by atomic mass is 9.99. The van der Waals surface area contributed by atoms with Crippen molar-refractivity contribution in [1.82, 2.24) is 14.6 Å². The molecular formula is C21H25N3O4S. The molecule has 1 saturated heterocycles. The standard InChI is InChI=1S/C21H25N3O4S/c1-15-9-18(12-22-11-15)21(25)24-7-6-16-10-20(5-4-17(16)14-24)29(26,27)23-13-19-3-2-8-28-19/h4-5,9-12,19,23H,2-3,6-8,13-14H2,1H3/t19-/m1/s1. The monoisotopic (exact) mass is 415 g/mol. The van der Waals surface area contributed by atoms with Crippen molar-refractivity contribution in [3.05, 3.63) is 58.9 Å². The Labute approximate surface area is 171 Å². The van der Waals surface area contributed by atoms with Gasteiger partial charge in [0.1, 0.15) is 0 Å². The predicted molar refractivity (Wildman–Crippen MR) is 108 cm³/mol. The lowest BCUT2D eigenvalue weighted by Gasteiger charge is -2.29. The van der Waals surface area contributed by atoms with Crippen molar-refractivity contribution in [3.63, 3.8) is 0 Å². The van der Waals surface area contributed by atoms with Crippen LogP contribution in [0.15, 0.2) is 41.6 Å². The van der Waals surface area contributed by atoms with Crippen molar-refractivity contribution >= 4 is 15.9 Å². The van der Waals surface area contributed by atoms with E-state index < -0.39 is 10.0 Å². The van der Waals surface area contributed by atoms with E-state index in [0.29, 0.717) is 38.2 Å². The van der Waals surface area contributed by atoms with Crippen LogP contribution in [0, 0.1) is 6.92 Å². The molecule has 2 aromatic rings. The number of ether oxygens (including phenoxy) is 1. The zero-order valence-electron chi connectivity index (χ0n) is 16.4. The maximum absolute atomic E-state index is 12.8. The summed E-state index contributed by atoms with van der Waals surface area (Å²) >= 11 is 0. The summed E-state index contributed by atoms with van der Waals surface area (Å²) in [7, 11) is -3.58. The van der Waals surface area contributed by atoms with E-state index in [1.807, 2.05) is 19.1 Å². The van der Waals surface area contributed by atoms with E-state index in [1.54, 1.807) is 29.4 Å². The number of amides is 1. The number of sulfonamides is 1. The van der Waals surface area contributed by atoms with Crippen molar-refractivity contribution in [3.8, 4) is 0 Å². The maximum Gasteiger partial charge on any atom is 0.255 e. The summed E-state index contributed by atoms with van der Waals surface area (Å²) in [5.74, 6) is -0.0539. The molecule has 4 rings (SSSR count). The van der Waals surface area contributed by atoms with Gasteiger partial charge in [-0.25, -0.2) is 13.1 Å². The van der Waals surface area contributed by atoms with Gasteiger partial charge in [-0.15, -0.1) is 0 Å². The molecule has 0 bridgehead atoms. The molecule has 0 radical (unpaired) electrons. The normalized spacial score (nSPS) is 19.2. The van der Waals surface area contributed by atoms with Gasteiger partial charge in [0.2, 0.25) is 10.0 Å². The van der Waals surface area contributed by atoms with Crippen molar-refractivity contribution in [2.45, 2.75) is 43.7 Å². The van der Waals surface area contributed by atoms with Crippen LogP contribution in [-0.2, 0) is 27.7 Å². The van der Waals surface area contributed by atoms with Crippen LogP contribution in [0.4, 0.5) is 0 Å². The van der Waals surface area contributed by atoms with Crippen LogP contribution in [0.1, 0.15) is 39.9 Å². The van der Waals surface area contributed by atoms with Gasteiger partial charge in [0.05, 0.1) is 16.6 Å². The van der Waals surface area contributed by atoms with E-state index >= 15 is 0 Å². The molecule has 1 fully saturated rings. The van der Waals surface area contributed by atoms with Gasteiger partial charge < -0.3 is 9.64 Å². The second-order valence-corrected chi connectivity index (χ2v) is 9.41. The lowest BCUT2D eigenvalue weighted by Crippen LogP contribution is -2.36. The van der Waals surface area contributed by atoms with Crippen LogP contribution < -0.4 is 4.72 Å². The van der Waals surface area contributed by atoms with E-state index in [9.17, 15) is 13.2 Å². The molecule has 1 aromatic carbocycles. The number of hydrogen-bond acceptors (Lipinski definition) is 5. The largest absolute Gasteiger partial charge is 0.377 e. The number of rotatable bonds is 5. The van der Waals surface area contributed by atoms with Crippen molar-refractivity contribution in [2.24, 2.45) is 0 Å². The molecule has 0 spiro atoms. The topological polar surface area (TPSA) is 88.6 Å². The molecule has 8 heteroatoms. The zero-order valence-corrected chi connectivity index (χ0v) is 17.2. The Kier molecular flexibility index (Phi) is 5.67. The Balaban J connectivity index is 1.46. The Morgan fingerprint density at radius 1 is 1.28 bits per heavy atom. The fourth-order valence-corrected chi connectivity index (χ4v) is 4.93. The number of fused-ring (bicyclic) bond motifs is 1. The number of nitrogens with zero attached hydrogens (tertiary/aromatic N) is 2. The number of carbonyl (C=O) groups excluding carboxylic acids is 1. The molecule has 7 nitrogen and oxygen atoms in total. The molecule has 154 valence electrons. The Bertz CT molecular complexity index is 1020. The fourth-order valence-electron chi connectivity index (χ4n) is 3.82. The first-order valence-electron chi connectivity index (χ1n) is 9.86. The quantitative estimate of drug-likeness (QED) is 0.807. The second-order valence-electron chi connectivity index (χ2n) is 7.65. The first kappa shape index (κ1) is 20.0. The van der Waals surface area contributed by atoms with E-state index in [1.165, 1.54) is 0 Å². The SMILES string of the molecule is Cc1cncc(C(=O)N2CCc3cc(S(=O)(=O)NC[C@H]4CCCO4)ccc3C2)c1. The van der Waals surface area contributed by atoms with Gasteiger partial charge in [-0.3, -0.25) is 9.78 Å². The molecule has 2 aliphatic rings. The molecule has 1 aromatic heterocycles. The third kappa shape index (κ3) is 4.49. The maximum atomic E-state index is 12.8. The van der Waals surface area contributed by atoms with Crippen LogP contribution >= 0.6 is 0 Å². The van der Waals surface area contributed by atoms with Gasteiger partial charge in [-0.2, -0.15) is 0 Å². The van der Waals surface area contributed by atoms with Crippen LogP contribution in [-0.4, -0.2) is 50.0 Å². The minimum absolute atomic E-state index is 0.0434. The van der Waals surface area contributed by atoms with E-state index in [4.69, 9.17) is 4.74 Å². The Morgan fingerprint density at radius 3 is 2.90 bits per heavy atom. The number of nitrogens with one attached hydrogen (secondary N) is 1. The summed E-state index contributed by atoms with van der Waals surface area (Å²) in [6.07, 6.45) is 5.73. The van der Waals surface area contributed by atoms with Crippen molar-refractivity contribution in [2.75, 3.05) is 19.7 Å². The van der Waals surface area contributed by atoms with E-state index in [0.717, 1.165) is 29.5 Å². The number of aryl methyl sites for hydroxylation is 1. The molecule has 0 saturated carbocycles. The minimum Gasteiger partial charge on any atom is -0.377 e. The molecule has 3 heterocycles. The Morgan fingerprint density at radius 2 is 2.14 bits per heavy atom. The highest BCUT2D eigenvalue weighted by Crippen LogP contribution is 2.24. The zero-order chi connectivity index (χ0) is 20.4. The predicted octanol–water partition coefficient (Wildman–Crippen LogP) is 2.05. The number of aromatic nitrogens is 1. The minimum atomic E-state index is -3.58. The van der Waals surface area contributed by atoms with Gasteiger partial charge in [-0.1, -0.05) is 6.07 Å². The number of carbonyl (C=O) groups is 1. The Hall–Kier alpha value is -2.29. The van der Waals surface area contributed by atoms with Crippen LogP contribution in [0.5, 0.6) is 0 Å². The smallest absolute Gasteiger partial charge is 0.255 e. The average Bonchev–Trinajstić information content (AvgIpc) is 3.25. The summed E-state index contributed by atoms with van der Waals surface area (Å²) in [5, 5.41) is 0. The van der Waals surface area contributed by atoms with E-state index in [2.05, 4.69) is 9.71 Å². The molecular weight excluding hydrogens is 390 g/mol. The molecule has 2 aliphatic heterocycles. The summed E-state index contributed by atoms with van der Waals surface area (Å²) in [6.45, 7) is 3.91.